The number of esters is 1. The lowest BCUT2D eigenvalue weighted by Crippen LogP contribution is -2.68. The summed E-state index contributed by atoms with van der Waals surface area (Å²) in [7, 11) is 4.70. The maximum Gasteiger partial charge on any atom is 0.338 e. The van der Waals surface area contributed by atoms with E-state index in [9.17, 15) is 25.2 Å². The molecular weight excluding hydrogens is 829 g/mol. The Kier molecular flexibility index (Phi) is 14.6. The Labute approximate surface area is 379 Å². The predicted octanol–water partition coefficient (Wildman–Crippen LogP) is 4.91. The van der Waals surface area contributed by atoms with Gasteiger partial charge in [-0.15, -0.1) is 0 Å². The molecule has 64 heavy (non-hydrogen) atoms. The summed E-state index contributed by atoms with van der Waals surface area (Å²) >= 11 is 0. The van der Waals surface area contributed by atoms with Crippen molar-refractivity contribution in [3.8, 4) is 0 Å². The molecule has 4 aliphatic carbocycles. The second-order valence-electron chi connectivity index (χ2n) is 20.8. The summed E-state index contributed by atoms with van der Waals surface area (Å²) in [5.41, 5.74) is -1.44. The highest BCUT2D eigenvalue weighted by atomic mass is 16.8. The number of aliphatic hydroxyl groups is 4. The van der Waals surface area contributed by atoms with Crippen LogP contribution in [0.15, 0.2) is 30.3 Å². The van der Waals surface area contributed by atoms with Gasteiger partial charge in [0.1, 0.15) is 36.6 Å². The van der Waals surface area contributed by atoms with E-state index in [4.69, 9.17) is 47.4 Å². The van der Waals surface area contributed by atoms with E-state index in [-0.39, 0.29) is 47.4 Å². The van der Waals surface area contributed by atoms with Gasteiger partial charge in [0.25, 0.3) is 0 Å². The number of benzene rings is 1. The first kappa shape index (κ1) is 48.6. The number of rotatable bonds is 12. The van der Waals surface area contributed by atoms with Crippen molar-refractivity contribution in [3.05, 3.63) is 35.9 Å². The van der Waals surface area contributed by atoms with Crippen LogP contribution in [0.25, 0.3) is 0 Å². The minimum Gasteiger partial charge on any atom is -0.458 e. The van der Waals surface area contributed by atoms with E-state index in [0.29, 0.717) is 43.6 Å². The molecule has 1 aromatic rings. The Morgan fingerprint density at radius 2 is 1.36 bits per heavy atom. The number of hydrogen-bond acceptors (Lipinski definition) is 15. The van der Waals surface area contributed by atoms with Crippen LogP contribution in [0.5, 0.6) is 0 Å². The second-order valence-corrected chi connectivity index (χ2v) is 20.8. The monoisotopic (exact) mass is 905 g/mol. The third-order valence-electron chi connectivity index (χ3n) is 17.6. The normalized spacial score (nSPS) is 49.9. The third kappa shape index (κ3) is 8.64. The van der Waals surface area contributed by atoms with Crippen molar-refractivity contribution in [3.63, 3.8) is 0 Å². The van der Waals surface area contributed by atoms with E-state index in [1.165, 1.54) is 7.11 Å². The molecule has 3 saturated heterocycles. The van der Waals surface area contributed by atoms with Gasteiger partial charge < -0.3 is 67.8 Å². The van der Waals surface area contributed by atoms with Gasteiger partial charge in [-0.2, -0.15) is 0 Å². The minimum atomic E-state index is -1.22. The molecule has 362 valence electrons. The number of fused-ring (bicyclic) bond motifs is 5. The van der Waals surface area contributed by atoms with Crippen molar-refractivity contribution in [2.75, 3.05) is 21.3 Å². The quantitative estimate of drug-likeness (QED) is 0.163. The molecule has 0 amide bonds. The van der Waals surface area contributed by atoms with E-state index < -0.39 is 90.9 Å². The van der Waals surface area contributed by atoms with E-state index >= 15 is 0 Å². The number of carbonyl (C=O) groups is 1. The van der Waals surface area contributed by atoms with Crippen LogP contribution in [0.2, 0.25) is 0 Å². The maximum atomic E-state index is 13.7. The molecule has 0 spiro atoms. The number of carbonyl (C=O) groups excluding carboxylic acids is 1. The van der Waals surface area contributed by atoms with Crippen molar-refractivity contribution < 1.29 is 72.6 Å². The lowest BCUT2D eigenvalue weighted by molar-refractivity contribution is -0.352. The fourth-order valence-electron chi connectivity index (χ4n) is 14.0. The molecular formula is C49H76O15. The van der Waals surface area contributed by atoms with Crippen LogP contribution in [0.3, 0.4) is 0 Å². The van der Waals surface area contributed by atoms with Crippen LogP contribution in [0, 0.1) is 34.5 Å². The van der Waals surface area contributed by atoms with E-state index in [1.54, 1.807) is 33.3 Å². The van der Waals surface area contributed by atoms with Crippen molar-refractivity contribution in [2.45, 2.75) is 210 Å². The van der Waals surface area contributed by atoms with Gasteiger partial charge in [-0.05, 0) is 120 Å². The molecule has 3 aliphatic heterocycles. The minimum absolute atomic E-state index is 0.0180. The van der Waals surface area contributed by atoms with Crippen LogP contribution in [0.4, 0.5) is 0 Å². The highest BCUT2D eigenvalue weighted by Crippen LogP contribution is 2.70. The van der Waals surface area contributed by atoms with E-state index in [0.717, 1.165) is 32.1 Å². The van der Waals surface area contributed by atoms with Crippen LogP contribution < -0.4 is 0 Å². The lowest BCUT2D eigenvalue weighted by Gasteiger charge is -2.65. The molecule has 4 N–H and O–H groups in total. The van der Waals surface area contributed by atoms with Gasteiger partial charge >= 0.3 is 5.97 Å². The zero-order chi connectivity index (χ0) is 45.9. The molecule has 15 heteroatoms. The Balaban J connectivity index is 0.889. The molecule has 8 rings (SSSR count). The van der Waals surface area contributed by atoms with Crippen LogP contribution >= 0.6 is 0 Å². The summed E-state index contributed by atoms with van der Waals surface area (Å²) in [6.07, 6.45) is -2.57. The first-order chi connectivity index (χ1) is 30.5. The van der Waals surface area contributed by atoms with Gasteiger partial charge in [0.15, 0.2) is 18.9 Å². The topological polar surface area (TPSA) is 190 Å². The molecule has 23 atom stereocenters. The molecule has 7 aliphatic rings. The van der Waals surface area contributed by atoms with E-state index in [1.807, 2.05) is 39.0 Å². The lowest BCUT2D eigenvalue weighted by atomic mass is 9.42. The molecule has 3 heterocycles. The maximum absolute atomic E-state index is 13.7. The average Bonchev–Trinajstić information content (AvgIpc) is 3.56. The van der Waals surface area contributed by atoms with Gasteiger partial charge in [0.2, 0.25) is 0 Å². The standard InChI is InChI=1S/C49H76O15/c1-25(50)32-18-20-49(54)33-16-15-30-21-31(17-19-47(30,5)34(33)22-37(48(32,49)6)62-45(53)29-13-11-10-12-14-29)61-38-23-35(55-7)42(27(3)58-38)63-39-24-36(56-8)43(28(4)59-39)64-46-41(52)44(57-9)40(51)26(2)60-46/h10-14,25-28,30-44,46,50-52,54H,15-24H2,1-9H3. The van der Waals surface area contributed by atoms with E-state index in [2.05, 4.69) is 13.8 Å². The molecule has 4 saturated carbocycles. The zero-order valence-corrected chi connectivity index (χ0v) is 39.3. The smallest absolute Gasteiger partial charge is 0.338 e. The molecule has 23 unspecified atom stereocenters. The summed E-state index contributed by atoms with van der Waals surface area (Å²) in [5, 5.41) is 45.4. The first-order valence-corrected chi connectivity index (χ1v) is 24.0. The Morgan fingerprint density at radius 3 is 1.98 bits per heavy atom. The van der Waals surface area contributed by atoms with Crippen LogP contribution in [-0.4, -0.2) is 152 Å². The average molecular weight is 905 g/mol. The summed E-state index contributed by atoms with van der Waals surface area (Å²) in [4.78, 5) is 13.7. The summed E-state index contributed by atoms with van der Waals surface area (Å²) in [6, 6.07) is 9.08. The van der Waals surface area contributed by atoms with Gasteiger partial charge in [0, 0.05) is 39.6 Å². The van der Waals surface area contributed by atoms with Gasteiger partial charge in [-0.3, -0.25) is 0 Å². The number of methoxy groups -OCH3 is 3. The van der Waals surface area contributed by atoms with Crippen molar-refractivity contribution in [1.29, 1.82) is 0 Å². The fourth-order valence-corrected chi connectivity index (χ4v) is 14.0. The highest BCUT2D eigenvalue weighted by Gasteiger charge is 2.72. The van der Waals surface area contributed by atoms with Gasteiger partial charge in [0.05, 0.1) is 53.9 Å². The van der Waals surface area contributed by atoms with Crippen LogP contribution in [-0.2, 0) is 47.4 Å². The molecule has 0 radical (unpaired) electrons. The number of hydrogen-bond donors (Lipinski definition) is 4. The van der Waals surface area contributed by atoms with Gasteiger partial charge in [-0.25, -0.2) is 4.79 Å². The number of aliphatic hydroxyl groups excluding tert-OH is 3. The summed E-state index contributed by atoms with van der Waals surface area (Å²) in [6.45, 7) is 11.8. The molecule has 0 aromatic heterocycles. The largest absolute Gasteiger partial charge is 0.458 e. The molecule has 7 fully saturated rings. The fraction of sp³-hybridized carbons (Fsp3) is 0.857. The first-order valence-electron chi connectivity index (χ1n) is 24.0. The predicted molar refractivity (Wildman–Crippen MR) is 231 cm³/mol. The Bertz CT molecular complexity index is 1720. The highest BCUT2D eigenvalue weighted by molar-refractivity contribution is 5.89. The van der Waals surface area contributed by atoms with Crippen LogP contribution in [0.1, 0.15) is 116 Å². The Morgan fingerprint density at radius 1 is 0.719 bits per heavy atom. The summed E-state index contributed by atoms with van der Waals surface area (Å²) < 4.78 is 62.2. The molecule has 15 nitrogen and oxygen atoms in total. The SMILES string of the molecule is COC1CC(OC2CCC3(C)C(CCC4C3CC(OC(=O)c3ccccc3)C3(C)C(C(C)O)CCC43O)C2)OC(C)C1OC1CC(OC)C(OC2OC(C)C(O)C(OC)C2O)C(C)O1. The van der Waals surface area contributed by atoms with Crippen molar-refractivity contribution >= 4 is 5.97 Å². The summed E-state index contributed by atoms with van der Waals surface area (Å²) in [5.74, 6) is -0.0240. The Hall–Kier alpha value is -1.83. The molecule has 1 aromatic carbocycles. The zero-order valence-electron chi connectivity index (χ0n) is 39.3. The van der Waals surface area contributed by atoms with Crippen molar-refractivity contribution in [2.24, 2.45) is 34.5 Å². The molecule has 0 bridgehead atoms. The third-order valence-corrected chi connectivity index (χ3v) is 17.6. The van der Waals surface area contributed by atoms with Gasteiger partial charge in [-0.1, -0.05) is 32.0 Å². The van der Waals surface area contributed by atoms with Crippen molar-refractivity contribution in [1.82, 2.24) is 0 Å². The number of ether oxygens (including phenoxy) is 10. The second kappa shape index (κ2) is 19.3.